The third-order valence-corrected chi connectivity index (χ3v) is 3.41. The molecule has 0 N–H and O–H groups in total. The van der Waals surface area contributed by atoms with Gasteiger partial charge in [-0.1, -0.05) is 42.5 Å². The van der Waals surface area contributed by atoms with E-state index in [2.05, 4.69) is 65.1 Å². The smallest absolute Gasteiger partial charge is 0.135 e. The monoisotopic (exact) mass is 346 g/mol. The number of benzene rings is 2. The summed E-state index contributed by atoms with van der Waals surface area (Å²) in [6.07, 6.45) is 4.06. The zero-order chi connectivity index (χ0) is 12.4. The van der Waals surface area contributed by atoms with E-state index in [1.165, 1.54) is 9.13 Å². The van der Waals surface area contributed by atoms with E-state index in [-0.39, 0.29) is 0 Å². The van der Waals surface area contributed by atoms with E-state index in [0.717, 1.165) is 16.7 Å². The van der Waals surface area contributed by atoms with Crippen molar-refractivity contribution in [2.75, 3.05) is 0 Å². The fourth-order valence-corrected chi connectivity index (χ4v) is 2.31. The lowest BCUT2D eigenvalue weighted by atomic mass is 10.2. The molecule has 0 atom stereocenters. The minimum absolute atomic E-state index is 0.885. The van der Waals surface area contributed by atoms with Crippen LogP contribution in [0.2, 0.25) is 0 Å². The Morgan fingerprint density at radius 2 is 1.72 bits per heavy atom. The summed E-state index contributed by atoms with van der Waals surface area (Å²) in [6, 6.07) is 18.5. The molecule has 2 heteroatoms. The molecule has 0 aliphatic carbocycles. The van der Waals surface area contributed by atoms with Gasteiger partial charge in [-0.3, -0.25) is 0 Å². The van der Waals surface area contributed by atoms with E-state index >= 15 is 0 Å². The lowest BCUT2D eigenvalue weighted by molar-refractivity contribution is 0.604. The molecular formula is C16H11IO. The van der Waals surface area contributed by atoms with Crippen molar-refractivity contribution in [2.45, 2.75) is 0 Å². The Morgan fingerprint density at radius 1 is 0.889 bits per heavy atom. The summed E-state index contributed by atoms with van der Waals surface area (Å²) in [5.74, 6) is 0.885. The molecule has 0 saturated heterocycles. The highest BCUT2D eigenvalue weighted by molar-refractivity contribution is 14.1. The Hall–Kier alpha value is -1.55. The molecule has 0 fully saturated rings. The maximum absolute atomic E-state index is 5.78. The Labute approximate surface area is 119 Å². The van der Waals surface area contributed by atoms with Gasteiger partial charge >= 0.3 is 0 Å². The zero-order valence-electron chi connectivity index (χ0n) is 9.64. The van der Waals surface area contributed by atoms with Gasteiger partial charge in [-0.05, 0) is 52.4 Å². The minimum Gasteiger partial charge on any atom is -0.457 e. The molecule has 0 saturated carbocycles. The van der Waals surface area contributed by atoms with E-state index in [9.17, 15) is 0 Å². The lowest BCUT2D eigenvalue weighted by Gasteiger charge is -1.90. The van der Waals surface area contributed by atoms with E-state index in [0.29, 0.717) is 0 Å². The summed E-state index contributed by atoms with van der Waals surface area (Å²) < 4.78 is 6.97. The average Bonchev–Trinajstić information content (AvgIpc) is 2.79. The average molecular weight is 346 g/mol. The number of hydrogen-bond acceptors (Lipinski definition) is 1. The first kappa shape index (κ1) is 11.5. The minimum atomic E-state index is 0.885. The van der Waals surface area contributed by atoms with Crippen LogP contribution in [0.1, 0.15) is 11.3 Å². The molecular weight excluding hydrogens is 335 g/mol. The second-order valence-corrected chi connectivity index (χ2v) is 5.32. The molecule has 3 rings (SSSR count). The van der Waals surface area contributed by atoms with Crippen LogP contribution in [0, 0.1) is 3.57 Å². The topological polar surface area (TPSA) is 13.1 Å². The largest absolute Gasteiger partial charge is 0.457 e. The van der Waals surface area contributed by atoms with E-state index in [1.54, 1.807) is 0 Å². The van der Waals surface area contributed by atoms with Gasteiger partial charge in [0.15, 0.2) is 0 Å². The Balaban J connectivity index is 1.93. The summed E-state index contributed by atoms with van der Waals surface area (Å²) in [4.78, 5) is 0. The van der Waals surface area contributed by atoms with Gasteiger partial charge in [0, 0.05) is 8.96 Å². The van der Waals surface area contributed by atoms with Crippen molar-refractivity contribution >= 4 is 45.7 Å². The lowest BCUT2D eigenvalue weighted by Crippen LogP contribution is -1.67. The van der Waals surface area contributed by atoms with Crippen LogP contribution in [0.4, 0.5) is 0 Å². The van der Waals surface area contributed by atoms with Crippen molar-refractivity contribution in [3.63, 3.8) is 0 Å². The third-order valence-electron chi connectivity index (χ3n) is 2.74. The van der Waals surface area contributed by atoms with Gasteiger partial charge in [0.25, 0.3) is 0 Å². The molecule has 0 amide bonds. The molecule has 88 valence electrons. The molecule has 1 aromatic heterocycles. The van der Waals surface area contributed by atoms with Crippen LogP contribution in [-0.2, 0) is 0 Å². The quantitative estimate of drug-likeness (QED) is 0.581. The van der Waals surface area contributed by atoms with Gasteiger partial charge in [0.05, 0.1) is 0 Å². The molecule has 0 radical (unpaired) electrons. The molecule has 1 heterocycles. The van der Waals surface area contributed by atoms with Gasteiger partial charge in [-0.2, -0.15) is 0 Å². The van der Waals surface area contributed by atoms with Gasteiger partial charge in [-0.15, -0.1) is 0 Å². The van der Waals surface area contributed by atoms with Crippen LogP contribution < -0.4 is 0 Å². The number of rotatable bonds is 2. The fraction of sp³-hybridized carbons (Fsp3) is 0. The summed E-state index contributed by atoms with van der Waals surface area (Å²) >= 11 is 2.29. The third kappa shape index (κ3) is 2.48. The van der Waals surface area contributed by atoms with Crippen LogP contribution in [0.5, 0.6) is 0 Å². The van der Waals surface area contributed by atoms with Crippen molar-refractivity contribution < 1.29 is 4.42 Å². The van der Waals surface area contributed by atoms with E-state index in [4.69, 9.17) is 4.42 Å². The molecule has 0 aliphatic heterocycles. The normalized spacial score (nSPS) is 11.4. The Kier molecular flexibility index (Phi) is 3.19. The molecule has 0 bridgehead atoms. The maximum Gasteiger partial charge on any atom is 0.135 e. The summed E-state index contributed by atoms with van der Waals surface area (Å²) in [7, 11) is 0. The van der Waals surface area contributed by atoms with Gasteiger partial charge in [-0.25, -0.2) is 0 Å². The molecule has 2 aromatic carbocycles. The van der Waals surface area contributed by atoms with Gasteiger partial charge in [0.1, 0.15) is 11.3 Å². The van der Waals surface area contributed by atoms with Crippen LogP contribution in [0.25, 0.3) is 23.1 Å². The zero-order valence-corrected chi connectivity index (χ0v) is 11.8. The Morgan fingerprint density at radius 3 is 2.56 bits per heavy atom. The first-order valence-electron chi connectivity index (χ1n) is 5.73. The summed E-state index contributed by atoms with van der Waals surface area (Å²) in [5, 5.41) is 1.14. The van der Waals surface area contributed by atoms with Crippen LogP contribution in [0.3, 0.4) is 0 Å². The predicted octanol–water partition coefficient (Wildman–Crippen LogP) is 5.21. The van der Waals surface area contributed by atoms with Crippen molar-refractivity contribution in [2.24, 2.45) is 0 Å². The van der Waals surface area contributed by atoms with Crippen molar-refractivity contribution in [3.05, 3.63) is 69.5 Å². The van der Waals surface area contributed by atoms with Crippen molar-refractivity contribution in [1.29, 1.82) is 0 Å². The standard InChI is InChI=1S/C16H11IO/c17-14-8-7-13-10-15(18-16(13)11-14)9-6-12-4-2-1-3-5-12/h1-11H/b9-6+. The summed E-state index contributed by atoms with van der Waals surface area (Å²) in [6.45, 7) is 0. The molecule has 3 aromatic rings. The Bertz CT molecular complexity index is 695. The van der Waals surface area contributed by atoms with Crippen molar-refractivity contribution in [3.8, 4) is 0 Å². The highest BCUT2D eigenvalue weighted by Crippen LogP contribution is 2.22. The molecule has 1 nitrogen and oxygen atoms in total. The predicted molar refractivity (Wildman–Crippen MR) is 84.3 cm³/mol. The number of halogens is 1. The van der Waals surface area contributed by atoms with E-state index < -0.39 is 0 Å². The first-order valence-corrected chi connectivity index (χ1v) is 6.81. The van der Waals surface area contributed by atoms with Crippen molar-refractivity contribution in [1.82, 2.24) is 0 Å². The maximum atomic E-state index is 5.78. The highest BCUT2D eigenvalue weighted by Gasteiger charge is 2.01. The molecule has 18 heavy (non-hydrogen) atoms. The summed E-state index contributed by atoms with van der Waals surface area (Å²) in [5.41, 5.74) is 2.11. The number of fused-ring (bicyclic) bond motifs is 1. The molecule has 0 spiro atoms. The van der Waals surface area contributed by atoms with Crippen LogP contribution in [-0.4, -0.2) is 0 Å². The first-order chi connectivity index (χ1) is 8.81. The van der Waals surface area contributed by atoms with Crippen LogP contribution in [0.15, 0.2) is 59.0 Å². The number of furan rings is 1. The second kappa shape index (κ2) is 4.98. The molecule has 0 unspecified atom stereocenters. The van der Waals surface area contributed by atoms with Gasteiger partial charge in [0.2, 0.25) is 0 Å². The second-order valence-electron chi connectivity index (χ2n) is 4.07. The van der Waals surface area contributed by atoms with E-state index in [1.807, 2.05) is 24.3 Å². The SMILES string of the molecule is Ic1ccc2cc(/C=C/c3ccccc3)oc2c1. The molecule has 0 aliphatic rings. The van der Waals surface area contributed by atoms with Gasteiger partial charge < -0.3 is 4.42 Å². The number of hydrogen-bond donors (Lipinski definition) is 0. The van der Waals surface area contributed by atoms with Crippen LogP contribution >= 0.6 is 22.6 Å². The highest BCUT2D eigenvalue weighted by atomic mass is 127. The fourth-order valence-electron chi connectivity index (χ4n) is 1.85.